The number of anilines is 1. The molecule has 1 aromatic rings. The van der Waals surface area contributed by atoms with Gasteiger partial charge < -0.3 is 28.6 Å². The standard InChI is InChI=1S/C36H53N3O10/c1-21-16-23(37-25(17-21)39(29(43)48-32(5,6)7)30(44)49-33(8,9)10)18-22-19-38(28(42)47-31(2,3)4)20-24(22)45-27(41)36-15-14-35(13,26(40)46-36)34(36,11)12/h16-17,22,24H,14-15,18-20H2,1-13H3/t22-,24+,35-,36+/m0/s1. The number of fused-ring (bicyclic) bond motifs is 2. The molecule has 2 aliphatic heterocycles. The van der Waals surface area contributed by atoms with Crippen molar-refractivity contribution in [3.8, 4) is 0 Å². The van der Waals surface area contributed by atoms with Gasteiger partial charge in [0.15, 0.2) is 0 Å². The van der Waals surface area contributed by atoms with E-state index in [1.165, 1.54) is 4.90 Å². The fraction of sp³-hybridized carbons (Fsp3) is 0.722. The number of likely N-dealkylation sites (tertiary alicyclic amines) is 1. The van der Waals surface area contributed by atoms with Gasteiger partial charge in [0, 0.05) is 23.6 Å². The quantitative estimate of drug-likeness (QED) is 0.246. The molecule has 1 aromatic heterocycles. The first-order valence-corrected chi connectivity index (χ1v) is 16.8. The molecule has 2 bridgehead atoms. The Morgan fingerprint density at radius 3 is 1.90 bits per heavy atom. The Kier molecular flexibility index (Phi) is 9.64. The van der Waals surface area contributed by atoms with Crippen molar-refractivity contribution >= 4 is 36.0 Å². The van der Waals surface area contributed by atoms with Crippen LogP contribution in [0.4, 0.5) is 20.2 Å². The van der Waals surface area contributed by atoms with Crippen LogP contribution in [0.5, 0.6) is 0 Å². The van der Waals surface area contributed by atoms with Crippen molar-refractivity contribution in [3.05, 3.63) is 23.4 Å². The molecule has 272 valence electrons. The number of ether oxygens (including phenoxy) is 5. The Hall–Kier alpha value is -3.90. The number of carbonyl (C=O) groups is 5. The number of hydrogen-bond donors (Lipinski definition) is 0. The zero-order chi connectivity index (χ0) is 37.1. The van der Waals surface area contributed by atoms with Crippen molar-refractivity contribution in [2.24, 2.45) is 16.7 Å². The summed E-state index contributed by atoms with van der Waals surface area (Å²) >= 11 is 0. The molecule has 4 rings (SSSR count). The predicted molar refractivity (Wildman–Crippen MR) is 179 cm³/mol. The van der Waals surface area contributed by atoms with Crippen LogP contribution in [0.2, 0.25) is 0 Å². The third-order valence-corrected chi connectivity index (χ3v) is 9.57. The Bertz CT molecular complexity index is 1490. The second-order valence-electron chi connectivity index (χ2n) is 17.3. The van der Waals surface area contributed by atoms with Gasteiger partial charge in [0.1, 0.15) is 28.7 Å². The number of carbonyl (C=O) groups excluding carboxylic acids is 5. The maximum atomic E-state index is 14.0. The minimum atomic E-state index is -1.45. The van der Waals surface area contributed by atoms with Crippen LogP contribution in [0.3, 0.4) is 0 Å². The molecule has 2 saturated heterocycles. The fourth-order valence-electron chi connectivity index (χ4n) is 6.67. The average Bonchev–Trinajstić information content (AvgIpc) is 3.42. The smallest absolute Gasteiger partial charge is 0.425 e. The monoisotopic (exact) mass is 687 g/mol. The Balaban J connectivity index is 1.67. The Morgan fingerprint density at radius 2 is 1.43 bits per heavy atom. The first kappa shape index (κ1) is 37.9. The van der Waals surface area contributed by atoms with E-state index in [0.29, 0.717) is 24.1 Å². The highest BCUT2D eigenvalue weighted by Crippen LogP contribution is 2.66. The number of rotatable bonds is 5. The first-order valence-electron chi connectivity index (χ1n) is 16.8. The van der Waals surface area contributed by atoms with Crippen molar-refractivity contribution in [1.29, 1.82) is 0 Å². The van der Waals surface area contributed by atoms with Crippen molar-refractivity contribution in [2.45, 2.75) is 138 Å². The predicted octanol–water partition coefficient (Wildman–Crippen LogP) is 6.51. The van der Waals surface area contributed by atoms with E-state index in [-0.39, 0.29) is 25.3 Å². The number of esters is 2. The lowest BCUT2D eigenvalue weighted by atomic mass is 9.66. The summed E-state index contributed by atoms with van der Waals surface area (Å²) in [4.78, 5) is 73.7. The summed E-state index contributed by atoms with van der Waals surface area (Å²) in [5.41, 5.74) is -4.48. The molecule has 4 atom stereocenters. The molecular weight excluding hydrogens is 634 g/mol. The largest absolute Gasteiger partial charge is 0.457 e. The normalized spacial score (nSPS) is 26.2. The van der Waals surface area contributed by atoms with Gasteiger partial charge in [-0.15, -0.1) is 0 Å². The molecule has 13 nitrogen and oxygen atoms in total. The van der Waals surface area contributed by atoms with Crippen LogP contribution in [-0.2, 0) is 39.7 Å². The summed E-state index contributed by atoms with van der Waals surface area (Å²) in [5, 5.41) is 0. The number of aromatic nitrogens is 1. The molecule has 0 spiro atoms. The maximum Gasteiger partial charge on any atom is 0.425 e. The maximum absolute atomic E-state index is 14.0. The number of amides is 3. The highest BCUT2D eigenvalue weighted by atomic mass is 16.6. The molecule has 13 heteroatoms. The van der Waals surface area contributed by atoms with Gasteiger partial charge in [-0.2, -0.15) is 4.90 Å². The van der Waals surface area contributed by atoms with E-state index in [4.69, 9.17) is 23.7 Å². The van der Waals surface area contributed by atoms with Crippen LogP contribution in [0, 0.1) is 23.7 Å². The molecular formula is C36H53N3O10. The van der Waals surface area contributed by atoms with Gasteiger partial charge in [-0.3, -0.25) is 4.79 Å². The van der Waals surface area contributed by atoms with Crippen molar-refractivity contribution in [3.63, 3.8) is 0 Å². The van der Waals surface area contributed by atoms with Gasteiger partial charge in [-0.25, -0.2) is 24.2 Å². The number of hydrogen-bond acceptors (Lipinski definition) is 11. The van der Waals surface area contributed by atoms with Gasteiger partial charge in [0.25, 0.3) is 0 Å². The molecule has 49 heavy (non-hydrogen) atoms. The summed E-state index contributed by atoms with van der Waals surface area (Å²) in [5.74, 6) is -1.53. The summed E-state index contributed by atoms with van der Waals surface area (Å²) in [6.45, 7) is 22.9. The van der Waals surface area contributed by atoms with E-state index in [1.807, 2.05) is 20.8 Å². The highest BCUT2D eigenvalue weighted by molar-refractivity contribution is 6.08. The van der Waals surface area contributed by atoms with E-state index in [0.717, 1.165) is 4.90 Å². The van der Waals surface area contributed by atoms with Gasteiger partial charge in [-0.05, 0) is 113 Å². The van der Waals surface area contributed by atoms with Crippen LogP contribution in [0.25, 0.3) is 0 Å². The molecule has 0 radical (unpaired) electrons. The Morgan fingerprint density at radius 1 is 0.878 bits per heavy atom. The summed E-state index contributed by atoms with van der Waals surface area (Å²) in [6, 6.07) is 3.37. The van der Waals surface area contributed by atoms with Gasteiger partial charge in [0.2, 0.25) is 5.60 Å². The van der Waals surface area contributed by atoms with Crippen molar-refractivity contribution in [1.82, 2.24) is 9.88 Å². The summed E-state index contributed by atoms with van der Waals surface area (Å²) < 4.78 is 28.7. The van der Waals surface area contributed by atoms with Crippen LogP contribution in [0.1, 0.15) is 107 Å². The van der Waals surface area contributed by atoms with Crippen LogP contribution in [0.15, 0.2) is 12.1 Å². The lowest BCUT2D eigenvalue weighted by molar-refractivity contribution is -0.188. The van der Waals surface area contributed by atoms with Crippen LogP contribution in [-0.4, -0.2) is 81.7 Å². The van der Waals surface area contributed by atoms with E-state index in [1.54, 1.807) is 81.4 Å². The fourth-order valence-corrected chi connectivity index (χ4v) is 6.67. The number of imide groups is 1. The molecule has 0 N–H and O–H groups in total. The number of nitrogens with zero attached hydrogens (tertiary/aromatic N) is 3. The van der Waals surface area contributed by atoms with E-state index >= 15 is 0 Å². The average molecular weight is 688 g/mol. The van der Waals surface area contributed by atoms with Crippen molar-refractivity contribution in [2.75, 3.05) is 18.0 Å². The van der Waals surface area contributed by atoms with E-state index < -0.39 is 75.5 Å². The Labute approximate surface area is 289 Å². The van der Waals surface area contributed by atoms with Gasteiger partial charge >= 0.3 is 30.2 Å². The SMILES string of the molecule is Cc1cc(C[C@H]2CN(C(=O)OC(C)(C)C)C[C@H]2OC(=O)[C@@]23CC[C@@](C)(C(=O)O2)C3(C)C)nc(N(C(=O)OC(C)(C)C)C(=O)OC(C)(C)C)c1. The molecule has 1 saturated carbocycles. The molecule has 0 unspecified atom stereocenters. The second-order valence-corrected chi connectivity index (χ2v) is 17.3. The lowest BCUT2D eigenvalue weighted by Crippen LogP contribution is -2.50. The number of pyridine rings is 1. The lowest BCUT2D eigenvalue weighted by Gasteiger charge is -2.35. The molecule has 1 aliphatic carbocycles. The van der Waals surface area contributed by atoms with E-state index in [9.17, 15) is 24.0 Å². The van der Waals surface area contributed by atoms with Crippen LogP contribution < -0.4 is 4.90 Å². The van der Waals surface area contributed by atoms with Gasteiger partial charge in [0.05, 0.1) is 12.0 Å². The molecule has 0 aromatic carbocycles. The minimum absolute atomic E-state index is 0.00205. The minimum Gasteiger partial charge on any atom is -0.457 e. The van der Waals surface area contributed by atoms with E-state index in [2.05, 4.69) is 4.98 Å². The topological polar surface area (TPSA) is 151 Å². The molecule has 3 heterocycles. The first-order chi connectivity index (χ1) is 22.2. The van der Waals surface area contributed by atoms with Gasteiger partial charge in [-0.1, -0.05) is 13.8 Å². The number of aryl methyl sites for hydroxylation is 1. The zero-order valence-corrected chi connectivity index (χ0v) is 31.3. The second kappa shape index (κ2) is 12.5. The third-order valence-electron chi connectivity index (χ3n) is 9.57. The third kappa shape index (κ3) is 7.65. The molecule has 3 fully saturated rings. The van der Waals surface area contributed by atoms with Crippen molar-refractivity contribution < 1.29 is 47.7 Å². The van der Waals surface area contributed by atoms with Crippen LogP contribution >= 0.6 is 0 Å². The molecule has 3 aliphatic rings. The summed E-state index contributed by atoms with van der Waals surface area (Å²) in [7, 11) is 0. The zero-order valence-electron chi connectivity index (χ0n) is 31.3. The summed E-state index contributed by atoms with van der Waals surface area (Å²) in [6.07, 6.45) is -2.23. The highest BCUT2D eigenvalue weighted by Gasteiger charge is 2.76. The molecule has 3 amide bonds.